The second-order valence-electron chi connectivity index (χ2n) is 5.66. The number of aromatic amines is 1. The van der Waals surface area contributed by atoms with Crippen LogP contribution in [0.2, 0.25) is 0 Å². The minimum atomic E-state index is -0.122. The molecule has 2 atom stereocenters. The van der Waals surface area contributed by atoms with Gasteiger partial charge in [0, 0.05) is 30.0 Å². The molecule has 6 nitrogen and oxygen atoms in total. The van der Waals surface area contributed by atoms with Crippen molar-refractivity contribution >= 4 is 11.8 Å². The van der Waals surface area contributed by atoms with Crippen LogP contribution in [0.1, 0.15) is 28.5 Å². The topological polar surface area (TPSA) is 91.2 Å². The number of likely N-dealkylation sites (tertiary alicyclic amines) is 1. The van der Waals surface area contributed by atoms with Gasteiger partial charge in [0.25, 0.3) is 5.91 Å². The Morgan fingerprint density at radius 3 is 2.65 bits per heavy atom. The number of nitrogens with one attached hydrogen (secondary N) is 2. The molecule has 2 amide bonds. The maximum atomic E-state index is 12.3. The van der Waals surface area contributed by atoms with E-state index in [1.54, 1.807) is 17.0 Å². The predicted octanol–water partition coefficient (Wildman–Crippen LogP) is 1.05. The molecule has 1 aliphatic rings. The zero-order valence-corrected chi connectivity index (χ0v) is 12.7. The first-order chi connectivity index (χ1) is 11.2. The fourth-order valence-electron chi connectivity index (χ4n) is 3.04. The highest BCUT2D eigenvalue weighted by Gasteiger charge is 2.36. The Morgan fingerprint density at radius 2 is 2.00 bits per heavy atom. The van der Waals surface area contributed by atoms with Crippen molar-refractivity contribution in [2.45, 2.75) is 18.5 Å². The van der Waals surface area contributed by atoms with Crippen molar-refractivity contribution in [2.75, 3.05) is 13.1 Å². The van der Waals surface area contributed by atoms with Gasteiger partial charge in [-0.05, 0) is 30.7 Å². The molecule has 120 valence electrons. The number of hydrogen-bond donors (Lipinski definition) is 3. The lowest BCUT2D eigenvalue weighted by molar-refractivity contribution is -0.130. The molecule has 3 rings (SSSR count). The summed E-state index contributed by atoms with van der Waals surface area (Å²) in [6, 6.07) is 12.7. The van der Waals surface area contributed by atoms with Gasteiger partial charge < -0.3 is 20.9 Å². The number of nitrogens with zero attached hydrogens (tertiary/aromatic N) is 1. The molecular weight excluding hydrogens is 292 g/mol. The standard InChI is InChI=1S/C17H20N4O2/c18-10-16(22)21-11-13(9-15(21)14-7-4-8-19-14)20-17(23)12-5-2-1-3-6-12/h1-8,13,15,19H,9-11,18H2,(H,20,23). The van der Waals surface area contributed by atoms with Crippen LogP contribution in [-0.4, -0.2) is 40.8 Å². The predicted molar refractivity (Wildman–Crippen MR) is 86.6 cm³/mol. The fourth-order valence-corrected chi connectivity index (χ4v) is 3.04. The summed E-state index contributed by atoms with van der Waals surface area (Å²) < 4.78 is 0. The van der Waals surface area contributed by atoms with Crippen LogP contribution in [0.4, 0.5) is 0 Å². The van der Waals surface area contributed by atoms with Gasteiger partial charge in [0.15, 0.2) is 0 Å². The van der Waals surface area contributed by atoms with E-state index in [1.165, 1.54) is 0 Å². The molecule has 4 N–H and O–H groups in total. The van der Waals surface area contributed by atoms with E-state index in [1.807, 2.05) is 36.5 Å². The average molecular weight is 312 g/mol. The summed E-state index contributed by atoms with van der Waals surface area (Å²) in [4.78, 5) is 29.3. The highest BCUT2D eigenvalue weighted by molar-refractivity contribution is 5.94. The van der Waals surface area contributed by atoms with Crippen molar-refractivity contribution in [1.29, 1.82) is 0 Å². The number of H-pyrrole nitrogens is 1. The van der Waals surface area contributed by atoms with Crippen molar-refractivity contribution < 1.29 is 9.59 Å². The number of nitrogens with two attached hydrogens (primary N) is 1. The summed E-state index contributed by atoms with van der Waals surface area (Å²) >= 11 is 0. The Morgan fingerprint density at radius 1 is 1.22 bits per heavy atom. The number of rotatable bonds is 4. The van der Waals surface area contributed by atoms with E-state index in [4.69, 9.17) is 5.73 Å². The smallest absolute Gasteiger partial charge is 0.251 e. The maximum Gasteiger partial charge on any atom is 0.251 e. The number of aromatic nitrogens is 1. The van der Waals surface area contributed by atoms with E-state index < -0.39 is 0 Å². The Labute approximate surface area is 134 Å². The summed E-state index contributed by atoms with van der Waals surface area (Å²) in [6.07, 6.45) is 2.50. The Bertz CT molecular complexity index is 669. The van der Waals surface area contributed by atoms with Crippen molar-refractivity contribution in [2.24, 2.45) is 5.73 Å². The van der Waals surface area contributed by atoms with Crippen LogP contribution in [0.5, 0.6) is 0 Å². The third-order valence-corrected chi connectivity index (χ3v) is 4.15. The molecule has 0 aliphatic carbocycles. The van der Waals surface area contributed by atoms with Crippen LogP contribution in [0.3, 0.4) is 0 Å². The van der Waals surface area contributed by atoms with Gasteiger partial charge >= 0.3 is 0 Å². The number of carbonyl (C=O) groups is 2. The number of benzene rings is 1. The van der Waals surface area contributed by atoms with E-state index in [0.717, 1.165) is 5.69 Å². The molecule has 1 aliphatic heterocycles. The number of carbonyl (C=O) groups excluding carboxylic acids is 2. The van der Waals surface area contributed by atoms with Crippen molar-refractivity contribution in [3.8, 4) is 0 Å². The molecule has 23 heavy (non-hydrogen) atoms. The minimum absolute atomic E-state index is 0.0312. The van der Waals surface area contributed by atoms with Gasteiger partial charge in [-0.2, -0.15) is 0 Å². The van der Waals surface area contributed by atoms with E-state index >= 15 is 0 Å². The summed E-state index contributed by atoms with van der Waals surface area (Å²) in [5.41, 5.74) is 7.10. The molecule has 2 unspecified atom stereocenters. The third-order valence-electron chi connectivity index (χ3n) is 4.15. The lowest BCUT2D eigenvalue weighted by Gasteiger charge is -2.23. The first-order valence-electron chi connectivity index (χ1n) is 7.67. The monoisotopic (exact) mass is 312 g/mol. The summed E-state index contributed by atoms with van der Waals surface area (Å²) in [7, 11) is 0. The SMILES string of the molecule is NCC(=O)N1CC(NC(=O)c2ccccc2)CC1c1ccc[nH]1. The first kappa shape index (κ1) is 15.3. The van der Waals surface area contributed by atoms with Gasteiger partial charge in [-0.15, -0.1) is 0 Å². The van der Waals surface area contributed by atoms with Crippen LogP contribution in [0.15, 0.2) is 48.7 Å². The van der Waals surface area contributed by atoms with Gasteiger partial charge in [0.05, 0.1) is 12.6 Å². The van der Waals surface area contributed by atoms with Crippen LogP contribution in [0.25, 0.3) is 0 Å². The van der Waals surface area contributed by atoms with Crippen LogP contribution in [-0.2, 0) is 4.79 Å². The molecule has 6 heteroatoms. The molecule has 1 fully saturated rings. The van der Waals surface area contributed by atoms with E-state index in [0.29, 0.717) is 18.5 Å². The van der Waals surface area contributed by atoms with Gasteiger partial charge in [-0.1, -0.05) is 18.2 Å². The Hall–Kier alpha value is -2.60. The van der Waals surface area contributed by atoms with Gasteiger partial charge in [-0.25, -0.2) is 0 Å². The Kier molecular flexibility index (Phi) is 4.43. The zero-order valence-electron chi connectivity index (χ0n) is 12.7. The third kappa shape index (κ3) is 3.27. The molecule has 0 radical (unpaired) electrons. The van der Waals surface area contributed by atoms with Crippen molar-refractivity contribution in [1.82, 2.24) is 15.2 Å². The summed E-state index contributed by atoms with van der Waals surface area (Å²) in [5, 5.41) is 3.01. The van der Waals surface area contributed by atoms with Crippen LogP contribution >= 0.6 is 0 Å². The van der Waals surface area contributed by atoms with Gasteiger partial charge in [-0.3, -0.25) is 9.59 Å². The zero-order chi connectivity index (χ0) is 16.2. The molecular formula is C17H20N4O2. The number of hydrogen-bond acceptors (Lipinski definition) is 3. The molecule has 0 saturated carbocycles. The molecule has 2 heterocycles. The highest BCUT2D eigenvalue weighted by atomic mass is 16.2. The molecule has 1 aromatic heterocycles. The molecule has 0 bridgehead atoms. The highest BCUT2D eigenvalue weighted by Crippen LogP contribution is 2.31. The lowest BCUT2D eigenvalue weighted by atomic mass is 10.1. The largest absolute Gasteiger partial charge is 0.363 e. The molecule has 0 spiro atoms. The average Bonchev–Trinajstić information content (AvgIpc) is 3.24. The van der Waals surface area contributed by atoms with Gasteiger partial charge in [0.2, 0.25) is 5.91 Å². The van der Waals surface area contributed by atoms with E-state index in [2.05, 4.69) is 10.3 Å². The second-order valence-corrected chi connectivity index (χ2v) is 5.66. The van der Waals surface area contributed by atoms with Crippen LogP contribution < -0.4 is 11.1 Å². The fraction of sp³-hybridized carbons (Fsp3) is 0.294. The first-order valence-corrected chi connectivity index (χ1v) is 7.67. The molecule has 2 aromatic rings. The Balaban J connectivity index is 1.72. The quantitative estimate of drug-likeness (QED) is 0.788. The van der Waals surface area contributed by atoms with Crippen molar-refractivity contribution in [3.63, 3.8) is 0 Å². The van der Waals surface area contributed by atoms with E-state index in [-0.39, 0.29) is 30.4 Å². The molecule has 1 aromatic carbocycles. The second kappa shape index (κ2) is 6.66. The van der Waals surface area contributed by atoms with Crippen LogP contribution in [0, 0.1) is 0 Å². The lowest BCUT2D eigenvalue weighted by Crippen LogP contribution is -2.40. The van der Waals surface area contributed by atoms with E-state index in [9.17, 15) is 9.59 Å². The summed E-state index contributed by atoms with van der Waals surface area (Å²) in [6.45, 7) is 0.439. The van der Waals surface area contributed by atoms with Crippen molar-refractivity contribution in [3.05, 3.63) is 59.9 Å². The number of amides is 2. The minimum Gasteiger partial charge on any atom is -0.363 e. The van der Waals surface area contributed by atoms with Gasteiger partial charge in [0.1, 0.15) is 0 Å². The molecule has 1 saturated heterocycles. The summed E-state index contributed by atoms with van der Waals surface area (Å²) in [5.74, 6) is -0.232. The normalized spacial score (nSPS) is 20.5. The maximum absolute atomic E-state index is 12.3.